The summed E-state index contributed by atoms with van der Waals surface area (Å²) in [5, 5.41) is 11.3. The van der Waals surface area contributed by atoms with Gasteiger partial charge < -0.3 is 10.4 Å². The van der Waals surface area contributed by atoms with E-state index in [0.29, 0.717) is 10.0 Å². The van der Waals surface area contributed by atoms with E-state index in [9.17, 15) is 9.59 Å². The molecule has 0 atom stereocenters. The fourth-order valence-electron chi connectivity index (χ4n) is 1.32. The van der Waals surface area contributed by atoms with Crippen LogP contribution in [0.15, 0.2) is 41.3 Å². The fourth-order valence-corrected chi connectivity index (χ4v) is 1.68. The molecule has 0 unspecified atom stereocenters. The number of hydrogen-bond donors (Lipinski definition) is 2. The first-order valence-corrected chi connectivity index (χ1v) is 5.97. The lowest BCUT2D eigenvalue weighted by atomic mass is 10.2. The van der Waals surface area contributed by atoms with E-state index in [2.05, 4.69) is 31.2 Å². The standard InChI is InChI=1S/C12H8BrN3O3/c13-9-3-8(4-14-6-9)11(17)16-10-2-1-7(5-15-10)12(18)19/h1-6H,(H,18,19)(H,15,16,17). The highest BCUT2D eigenvalue weighted by atomic mass is 79.9. The Morgan fingerprint density at radius 2 is 1.95 bits per heavy atom. The zero-order valence-electron chi connectivity index (χ0n) is 9.50. The minimum atomic E-state index is -1.07. The number of amides is 1. The quantitative estimate of drug-likeness (QED) is 0.904. The van der Waals surface area contributed by atoms with Crippen LogP contribution in [0.5, 0.6) is 0 Å². The molecule has 0 fully saturated rings. The highest BCUT2D eigenvalue weighted by Gasteiger charge is 2.08. The van der Waals surface area contributed by atoms with E-state index in [-0.39, 0.29) is 17.3 Å². The normalized spacial score (nSPS) is 9.95. The summed E-state index contributed by atoms with van der Waals surface area (Å²) in [4.78, 5) is 30.2. The van der Waals surface area contributed by atoms with Gasteiger partial charge in [0, 0.05) is 23.1 Å². The molecule has 2 aromatic heterocycles. The molecule has 0 aliphatic carbocycles. The van der Waals surface area contributed by atoms with Crippen molar-refractivity contribution in [3.05, 3.63) is 52.4 Å². The van der Waals surface area contributed by atoms with E-state index in [1.165, 1.54) is 24.5 Å². The Kier molecular flexibility index (Phi) is 3.86. The van der Waals surface area contributed by atoms with E-state index in [4.69, 9.17) is 5.11 Å². The maximum atomic E-state index is 11.9. The monoisotopic (exact) mass is 321 g/mol. The van der Waals surface area contributed by atoms with Gasteiger partial charge >= 0.3 is 5.97 Å². The van der Waals surface area contributed by atoms with E-state index in [1.807, 2.05) is 0 Å². The lowest BCUT2D eigenvalue weighted by molar-refractivity contribution is 0.0696. The maximum Gasteiger partial charge on any atom is 0.337 e. The van der Waals surface area contributed by atoms with Gasteiger partial charge in [-0.25, -0.2) is 9.78 Å². The van der Waals surface area contributed by atoms with E-state index >= 15 is 0 Å². The van der Waals surface area contributed by atoms with Gasteiger partial charge in [-0.2, -0.15) is 0 Å². The van der Waals surface area contributed by atoms with Gasteiger partial charge in [0.05, 0.1) is 11.1 Å². The van der Waals surface area contributed by atoms with Gasteiger partial charge in [-0.1, -0.05) is 0 Å². The second-order valence-electron chi connectivity index (χ2n) is 3.58. The third-order valence-corrected chi connectivity index (χ3v) is 2.65. The average molecular weight is 322 g/mol. The number of nitrogens with one attached hydrogen (secondary N) is 1. The molecule has 0 radical (unpaired) electrons. The SMILES string of the molecule is O=C(O)c1ccc(NC(=O)c2cncc(Br)c2)nc1. The molecule has 2 rings (SSSR count). The Morgan fingerprint density at radius 3 is 2.53 bits per heavy atom. The van der Waals surface area contributed by atoms with Crippen LogP contribution in [0.2, 0.25) is 0 Å². The summed E-state index contributed by atoms with van der Waals surface area (Å²) in [6.45, 7) is 0. The number of pyridine rings is 2. The largest absolute Gasteiger partial charge is 0.478 e. The topological polar surface area (TPSA) is 92.2 Å². The van der Waals surface area contributed by atoms with Gasteiger partial charge in [0.15, 0.2) is 0 Å². The molecule has 2 aromatic rings. The molecule has 0 saturated heterocycles. The molecule has 0 aromatic carbocycles. The molecule has 0 aliphatic heterocycles. The molecule has 0 bridgehead atoms. The fraction of sp³-hybridized carbons (Fsp3) is 0. The minimum Gasteiger partial charge on any atom is -0.478 e. The Morgan fingerprint density at radius 1 is 1.16 bits per heavy atom. The number of carboxylic acids is 1. The predicted octanol–water partition coefficient (Wildman–Crippen LogP) is 2.19. The summed E-state index contributed by atoms with van der Waals surface area (Å²) in [6.07, 6.45) is 4.17. The van der Waals surface area contributed by atoms with Gasteiger partial charge in [-0.15, -0.1) is 0 Å². The van der Waals surface area contributed by atoms with Crippen molar-refractivity contribution in [2.45, 2.75) is 0 Å². The van der Waals surface area contributed by atoms with Crippen molar-refractivity contribution in [2.75, 3.05) is 5.32 Å². The summed E-state index contributed by atoms with van der Waals surface area (Å²) < 4.78 is 0.689. The molecular weight excluding hydrogens is 314 g/mol. The van der Waals surface area contributed by atoms with Crippen LogP contribution in [0, 0.1) is 0 Å². The Balaban J connectivity index is 2.13. The number of carbonyl (C=O) groups excluding carboxylic acids is 1. The molecule has 1 amide bonds. The lowest BCUT2D eigenvalue weighted by Gasteiger charge is -2.04. The Bertz CT molecular complexity index is 628. The first-order valence-electron chi connectivity index (χ1n) is 5.17. The van der Waals surface area contributed by atoms with Crippen LogP contribution in [0.3, 0.4) is 0 Å². The zero-order valence-corrected chi connectivity index (χ0v) is 11.1. The number of anilines is 1. The van der Waals surface area contributed by atoms with Crippen LogP contribution in [-0.2, 0) is 0 Å². The predicted molar refractivity (Wildman–Crippen MR) is 71.1 cm³/mol. The van der Waals surface area contributed by atoms with Crippen molar-refractivity contribution in [2.24, 2.45) is 0 Å². The summed E-state index contributed by atoms with van der Waals surface area (Å²) >= 11 is 3.22. The molecule has 6 nitrogen and oxygen atoms in total. The number of nitrogens with zero attached hydrogens (tertiary/aromatic N) is 2. The van der Waals surface area contributed by atoms with E-state index < -0.39 is 5.97 Å². The van der Waals surface area contributed by atoms with Crippen molar-refractivity contribution >= 4 is 33.6 Å². The molecule has 96 valence electrons. The Hall–Kier alpha value is -2.28. The number of carbonyl (C=O) groups is 2. The highest BCUT2D eigenvalue weighted by molar-refractivity contribution is 9.10. The first-order chi connectivity index (χ1) is 9.06. The van der Waals surface area contributed by atoms with Crippen LogP contribution >= 0.6 is 15.9 Å². The zero-order chi connectivity index (χ0) is 13.8. The van der Waals surface area contributed by atoms with Crippen molar-refractivity contribution in [3.8, 4) is 0 Å². The van der Waals surface area contributed by atoms with Gasteiger partial charge in [0.2, 0.25) is 0 Å². The van der Waals surface area contributed by atoms with Crippen molar-refractivity contribution in [3.63, 3.8) is 0 Å². The van der Waals surface area contributed by atoms with E-state index in [1.54, 1.807) is 12.3 Å². The molecule has 0 spiro atoms. The number of rotatable bonds is 3. The third kappa shape index (κ3) is 3.35. The highest BCUT2D eigenvalue weighted by Crippen LogP contribution is 2.12. The summed E-state index contributed by atoms with van der Waals surface area (Å²) in [7, 11) is 0. The number of aromatic nitrogens is 2. The average Bonchev–Trinajstić information content (AvgIpc) is 2.39. The molecule has 2 N–H and O–H groups in total. The molecular formula is C12H8BrN3O3. The summed E-state index contributed by atoms with van der Waals surface area (Å²) in [5.74, 6) is -1.17. The maximum absolute atomic E-state index is 11.9. The molecule has 2 heterocycles. The van der Waals surface area contributed by atoms with Gasteiger partial charge in [-0.3, -0.25) is 9.78 Å². The minimum absolute atomic E-state index is 0.0575. The van der Waals surface area contributed by atoms with E-state index in [0.717, 1.165) is 0 Å². The molecule has 7 heteroatoms. The first kappa shape index (κ1) is 13.2. The van der Waals surface area contributed by atoms with Crippen molar-refractivity contribution in [1.82, 2.24) is 9.97 Å². The second-order valence-corrected chi connectivity index (χ2v) is 4.50. The van der Waals surface area contributed by atoms with Crippen LogP contribution in [0.1, 0.15) is 20.7 Å². The van der Waals surface area contributed by atoms with Gasteiger partial charge in [0.25, 0.3) is 5.91 Å². The lowest BCUT2D eigenvalue weighted by Crippen LogP contribution is -2.13. The molecule has 19 heavy (non-hydrogen) atoms. The van der Waals surface area contributed by atoms with Gasteiger partial charge in [0.1, 0.15) is 5.82 Å². The molecule has 0 aliphatic rings. The van der Waals surface area contributed by atoms with Gasteiger partial charge in [-0.05, 0) is 34.1 Å². The third-order valence-electron chi connectivity index (χ3n) is 2.22. The summed E-state index contributed by atoms with van der Waals surface area (Å²) in [6, 6.07) is 4.41. The van der Waals surface area contributed by atoms with Crippen LogP contribution < -0.4 is 5.32 Å². The second kappa shape index (κ2) is 5.57. The molecule has 0 saturated carbocycles. The van der Waals surface area contributed by atoms with Crippen LogP contribution in [0.4, 0.5) is 5.82 Å². The Labute approximate surface area is 116 Å². The number of hydrogen-bond acceptors (Lipinski definition) is 4. The van der Waals surface area contributed by atoms with Crippen molar-refractivity contribution < 1.29 is 14.7 Å². The van der Waals surface area contributed by atoms with Crippen molar-refractivity contribution in [1.29, 1.82) is 0 Å². The smallest absolute Gasteiger partial charge is 0.337 e. The van der Waals surface area contributed by atoms with Crippen LogP contribution in [-0.4, -0.2) is 27.0 Å². The summed E-state index contributed by atoms with van der Waals surface area (Å²) in [5.41, 5.74) is 0.431. The number of halogens is 1. The number of carboxylic acid groups (broad SMARTS) is 1. The van der Waals surface area contributed by atoms with Crippen LogP contribution in [0.25, 0.3) is 0 Å². The number of aromatic carboxylic acids is 1.